The topological polar surface area (TPSA) is 115 Å². The molecule has 2 aliphatic rings. The minimum Gasteiger partial charge on any atom is -0.493 e. The van der Waals surface area contributed by atoms with Gasteiger partial charge >= 0.3 is 0 Å². The first-order valence-electron chi connectivity index (χ1n) is 9.56. The molecular formula is C19H28N2O8S. The summed E-state index contributed by atoms with van der Waals surface area (Å²) >= 11 is 0. The van der Waals surface area contributed by atoms with Crippen LogP contribution in [0.4, 0.5) is 0 Å². The number of sulfonamides is 1. The van der Waals surface area contributed by atoms with E-state index in [-0.39, 0.29) is 26.1 Å². The van der Waals surface area contributed by atoms with Gasteiger partial charge in [-0.2, -0.15) is 4.31 Å². The molecule has 0 radical (unpaired) electrons. The minimum atomic E-state index is -3.83. The van der Waals surface area contributed by atoms with Gasteiger partial charge < -0.3 is 18.9 Å². The van der Waals surface area contributed by atoms with E-state index in [2.05, 4.69) is 0 Å². The lowest BCUT2D eigenvalue weighted by Crippen LogP contribution is -2.50. The molecule has 0 bridgehead atoms. The number of hydrogen-bond donors (Lipinski definition) is 1. The third kappa shape index (κ3) is 4.70. The number of ether oxygens (including phenoxy) is 4. The number of nitrogens with zero attached hydrogens (tertiary/aromatic N) is 2. The van der Waals surface area contributed by atoms with Crippen LogP contribution in [0.5, 0.6) is 11.5 Å². The van der Waals surface area contributed by atoms with Crippen molar-refractivity contribution in [2.75, 3.05) is 33.1 Å². The number of carbonyl (C=O) groups is 1. The van der Waals surface area contributed by atoms with Crippen LogP contribution in [0.1, 0.15) is 25.0 Å². The Bertz CT molecular complexity index is 889. The van der Waals surface area contributed by atoms with Gasteiger partial charge in [0.1, 0.15) is 12.1 Å². The van der Waals surface area contributed by atoms with Crippen LogP contribution < -0.4 is 9.47 Å². The maximum atomic E-state index is 13.1. The molecule has 168 valence electrons. The fourth-order valence-corrected chi connectivity index (χ4v) is 5.47. The summed E-state index contributed by atoms with van der Waals surface area (Å²) in [6, 6.07) is 2.53. The van der Waals surface area contributed by atoms with E-state index in [1.165, 1.54) is 11.4 Å². The van der Waals surface area contributed by atoms with Gasteiger partial charge in [-0.05, 0) is 43.5 Å². The van der Waals surface area contributed by atoms with Crippen molar-refractivity contribution in [1.29, 1.82) is 0 Å². The van der Waals surface area contributed by atoms with E-state index >= 15 is 0 Å². The lowest BCUT2D eigenvalue weighted by atomic mass is 10.0. The number of benzene rings is 1. The van der Waals surface area contributed by atoms with Crippen molar-refractivity contribution in [1.82, 2.24) is 9.37 Å². The summed E-state index contributed by atoms with van der Waals surface area (Å²) in [6.07, 6.45) is -0.0876. The average molecular weight is 445 g/mol. The van der Waals surface area contributed by atoms with Crippen LogP contribution in [0.3, 0.4) is 0 Å². The largest absolute Gasteiger partial charge is 0.493 e. The molecule has 0 aromatic heterocycles. The fourth-order valence-electron chi connectivity index (χ4n) is 3.75. The summed E-state index contributed by atoms with van der Waals surface area (Å²) in [6.45, 7) is 3.87. The highest BCUT2D eigenvalue weighted by atomic mass is 32.2. The molecule has 30 heavy (non-hydrogen) atoms. The van der Waals surface area contributed by atoms with E-state index in [0.717, 1.165) is 11.1 Å². The third-order valence-corrected chi connectivity index (χ3v) is 7.23. The van der Waals surface area contributed by atoms with E-state index in [1.54, 1.807) is 27.0 Å². The monoisotopic (exact) mass is 444 g/mol. The molecule has 1 aromatic rings. The van der Waals surface area contributed by atoms with Crippen molar-refractivity contribution in [2.24, 2.45) is 0 Å². The molecule has 3 rings (SSSR count). The smallest absolute Gasteiger partial charge is 0.233 e. The predicted molar refractivity (Wildman–Crippen MR) is 106 cm³/mol. The van der Waals surface area contributed by atoms with E-state index in [9.17, 15) is 18.4 Å². The standard InChI is InChI=1S/C19H28N2O8S/c1-19(2)28-10-18(29-19)15(21(23)12-22)11-30(24,25)20-6-5-13-7-16(26-3)17(27-4)8-14(13)9-20/h7-8,12,15,18,23H,5-6,9-11H2,1-4H3/t15?,18-/m1/s1. The number of rotatable bonds is 8. The molecule has 1 fully saturated rings. The summed E-state index contributed by atoms with van der Waals surface area (Å²) in [4.78, 5) is 11.2. The molecule has 0 aliphatic carbocycles. The predicted octanol–water partition coefficient (Wildman–Crippen LogP) is 0.759. The number of hydrogen-bond acceptors (Lipinski definition) is 8. The minimum absolute atomic E-state index is 0.0674. The molecule has 11 heteroatoms. The first-order valence-corrected chi connectivity index (χ1v) is 11.2. The second-order valence-electron chi connectivity index (χ2n) is 7.76. The zero-order chi connectivity index (χ0) is 22.1. The first kappa shape index (κ1) is 22.8. The van der Waals surface area contributed by atoms with Crippen molar-refractivity contribution in [2.45, 2.75) is 44.7 Å². The van der Waals surface area contributed by atoms with Crippen LogP contribution in [0, 0.1) is 0 Å². The maximum Gasteiger partial charge on any atom is 0.233 e. The number of methoxy groups -OCH3 is 2. The molecule has 1 saturated heterocycles. The second kappa shape index (κ2) is 8.67. The van der Waals surface area contributed by atoms with Gasteiger partial charge in [0.15, 0.2) is 17.3 Å². The molecule has 2 heterocycles. The molecule has 0 spiro atoms. The Morgan fingerprint density at radius 3 is 2.47 bits per heavy atom. The Labute approximate surface area is 176 Å². The van der Waals surface area contributed by atoms with Gasteiger partial charge in [-0.15, -0.1) is 0 Å². The highest BCUT2D eigenvalue weighted by Gasteiger charge is 2.43. The van der Waals surface area contributed by atoms with E-state index < -0.39 is 33.7 Å². The van der Waals surface area contributed by atoms with Crippen LogP contribution in [-0.2, 0) is 37.3 Å². The van der Waals surface area contributed by atoms with Crippen LogP contribution in [-0.4, -0.2) is 80.5 Å². The van der Waals surface area contributed by atoms with Crippen molar-refractivity contribution in [3.8, 4) is 11.5 Å². The lowest BCUT2D eigenvalue weighted by Gasteiger charge is -2.32. The Kier molecular flexibility index (Phi) is 6.58. The average Bonchev–Trinajstić information content (AvgIpc) is 3.09. The molecule has 1 amide bonds. The fraction of sp³-hybridized carbons (Fsp3) is 0.632. The summed E-state index contributed by atoms with van der Waals surface area (Å²) in [7, 11) is -0.755. The van der Waals surface area contributed by atoms with Gasteiger partial charge in [0.05, 0.1) is 26.6 Å². The van der Waals surface area contributed by atoms with Crippen molar-refractivity contribution in [3.05, 3.63) is 23.3 Å². The van der Waals surface area contributed by atoms with Crippen LogP contribution in [0.25, 0.3) is 0 Å². The summed E-state index contributed by atoms with van der Waals surface area (Å²) in [5.74, 6) is -0.296. The molecule has 1 N–H and O–H groups in total. The summed E-state index contributed by atoms with van der Waals surface area (Å²) < 4.78 is 49.4. The first-order chi connectivity index (χ1) is 14.1. The summed E-state index contributed by atoms with van der Waals surface area (Å²) in [5, 5.41) is 10.4. The zero-order valence-electron chi connectivity index (χ0n) is 17.5. The van der Waals surface area contributed by atoms with Gasteiger partial charge in [-0.1, -0.05) is 0 Å². The highest BCUT2D eigenvalue weighted by molar-refractivity contribution is 7.89. The van der Waals surface area contributed by atoms with Crippen molar-refractivity contribution in [3.63, 3.8) is 0 Å². The molecule has 1 unspecified atom stereocenters. The highest BCUT2D eigenvalue weighted by Crippen LogP contribution is 2.34. The van der Waals surface area contributed by atoms with Gasteiger partial charge in [0.2, 0.25) is 16.4 Å². The van der Waals surface area contributed by atoms with Crippen LogP contribution in [0.15, 0.2) is 12.1 Å². The van der Waals surface area contributed by atoms with Crippen molar-refractivity contribution >= 4 is 16.4 Å². The molecule has 1 aromatic carbocycles. The normalized spacial score (nSPS) is 22.2. The molecule has 2 atom stereocenters. The van der Waals surface area contributed by atoms with Crippen LogP contribution >= 0.6 is 0 Å². The van der Waals surface area contributed by atoms with E-state index in [4.69, 9.17) is 18.9 Å². The molecular weight excluding hydrogens is 416 g/mol. The Balaban J connectivity index is 1.80. The summed E-state index contributed by atoms with van der Waals surface area (Å²) in [5.41, 5.74) is 1.80. The lowest BCUT2D eigenvalue weighted by molar-refractivity contribution is -0.182. The zero-order valence-corrected chi connectivity index (χ0v) is 18.3. The van der Waals surface area contributed by atoms with E-state index in [1.807, 2.05) is 6.07 Å². The van der Waals surface area contributed by atoms with Gasteiger partial charge in [0, 0.05) is 13.1 Å². The molecule has 2 aliphatic heterocycles. The van der Waals surface area contributed by atoms with Gasteiger partial charge in [-0.3, -0.25) is 10.0 Å². The maximum absolute atomic E-state index is 13.1. The second-order valence-corrected chi connectivity index (χ2v) is 9.77. The number of carbonyl (C=O) groups excluding carboxylic acids is 1. The Hall–Kier alpha value is -1.92. The van der Waals surface area contributed by atoms with Crippen LogP contribution in [0.2, 0.25) is 0 Å². The third-order valence-electron chi connectivity index (χ3n) is 5.37. The van der Waals surface area contributed by atoms with Gasteiger partial charge in [-0.25, -0.2) is 13.5 Å². The van der Waals surface area contributed by atoms with Gasteiger partial charge in [0.25, 0.3) is 0 Å². The SMILES string of the molecule is COc1cc2c(cc1OC)CN(S(=O)(=O)CC([C@H]1COC(C)(C)O1)N(O)C=O)CC2. The van der Waals surface area contributed by atoms with Crippen molar-refractivity contribution < 1.29 is 37.4 Å². The Morgan fingerprint density at radius 1 is 1.30 bits per heavy atom. The number of hydroxylamine groups is 2. The molecule has 10 nitrogen and oxygen atoms in total. The number of amides is 1. The Morgan fingerprint density at radius 2 is 1.93 bits per heavy atom. The quantitative estimate of drug-likeness (QED) is 0.355. The molecule has 0 saturated carbocycles. The van der Waals surface area contributed by atoms with E-state index in [0.29, 0.717) is 23.0 Å². The number of fused-ring (bicyclic) bond motifs is 1.